The molecule has 0 unspecified atom stereocenters. The molecule has 0 spiro atoms. The van der Waals surface area contributed by atoms with E-state index < -0.39 is 0 Å². The lowest BCUT2D eigenvalue weighted by Crippen LogP contribution is -2.30. The summed E-state index contributed by atoms with van der Waals surface area (Å²) in [5, 5.41) is 7.82. The number of hydrogen-bond donors (Lipinski definition) is 0. The Bertz CT molecular complexity index is 916. The van der Waals surface area contributed by atoms with Gasteiger partial charge in [-0.25, -0.2) is 5.01 Å². The number of carbonyl (C=O) groups excluding carboxylic acids is 1. The summed E-state index contributed by atoms with van der Waals surface area (Å²) in [6.07, 6.45) is 5.24. The zero-order valence-corrected chi connectivity index (χ0v) is 16.5. The van der Waals surface area contributed by atoms with Gasteiger partial charge in [0, 0.05) is 22.9 Å². The fraction of sp³-hybridized carbons (Fsp3) is 0.273. The summed E-state index contributed by atoms with van der Waals surface area (Å²) < 4.78 is 0. The maximum atomic E-state index is 12.3. The van der Waals surface area contributed by atoms with Crippen LogP contribution in [0.15, 0.2) is 59.2 Å². The molecule has 4 rings (SSSR count). The molecule has 138 valence electrons. The summed E-state index contributed by atoms with van der Waals surface area (Å²) in [5.74, 6) is 0.171. The van der Waals surface area contributed by atoms with Crippen molar-refractivity contribution < 1.29 is 4.79 Å². The molecule has 0 bridgehead atoms. The molecule has 2 aromatic carbocycles. The smallest absolute Gasteiger partial charge is 0.240 e. The Labute approximate surface area is 169 Å². The van der Waals surface area contributed by atoms with Gasteiger partial charge in [-0.1, -0.05) is 47.5 Å². The van der Waals surface area contributed by atoms with E-state index in [4.69, 9.17) is 28.3 Å². The SMILES string of the molecule is CC(=O)N1N=C2/C(=C/c3ccc(Cl)cc3)CCC[C@@H]2[C@H]1c1ccc(Cl)cc1. The Morgan fingerprint density at radius 2 is 1.70 bits per heavy atom. The van der Waals surface area contributed by atoms with Crippen LogP contribution in [0.2, 0.25) is 10.0 Å². The van der Waals surface area contributed by atoms with Crippen molar-refractivity contribution in [2.24, 2.45) is 11.0 Å². The van der Waals surface area contributed by atoms with Crippen LogP contribution in [0.3, 0.4) is 0 Å². The van der Waals surface area contributed by atoms with E-state index in [2.05, 4.69) is 6.08 Å². The molecule has 0 N–H and O–H groups in total. The van der Waals surface area contributed by atoms with Crippen molar-refractivity contribution in [2.75, 3.05) is 0 Å². The highest BCUT2D eigenvalue weighted by atomic mass is 35.5. The normalized spacial score (nSPS) is 23.3. The Morgan fingerprint density at radius 3 is 2.33 bits per heavy atom. The highest BCUT2D eigenvalue weighted by Crippen LogP contribution is 2.44. The third-order valence-corrected chi connectivity index (χ3v) is 5.75. The number of nitrogens with zero attached hydrogens (tertiary/aromatic N) is 2. The van der Waals surface area contributed by atoms with Crippen LogP contribution >= 0.6 is 23.2 Å². The van der Waals surface area contributed by atoms with Gasteiger partial charge in [-0.2, -0.15) is 5.10 Å². The van der Waals surface area contributed by atoms with E-state index >= 15 is 0 Å². The highest BCUT2D eigenvalue weighted by molar-refractivity contribution is 6.30. The largest absolute Gasteiger partial charge is 0.273 e. The molecule has 2 aliphatic rings. The molecule has 1 amide bonds. The molecule has 1 aliphatic heterocycles. The standard InChI is InChI=1S/C22H20Cl2N2O/c1-14(27)26-22(16-7-11-19(24)12-8-16)20-4-2-3-17(21(20)25-26)13-15-5-9-18(23)10-6-15/h5-13,20,22H,2-4H2,1H3/b17-13+/t20-,22+/m0/s1. The number of halogens is 2. The molecule has 3 nitrogen and oxygen atoms in total. The van der Waals surface area contributed by atoms with E-state index in [-0.39, 0.29) is 17.9 Å². The van der Waals surface area contributed by atoms with Crippen LogP contribution in [-0.2, 0) is 4.79 Å². The number of fused-ring (bicyclic) bond motifs is 1. The lowest BCUT2D eigenvalue weighted by atomic mass is 9.77. The molecule has 0 radical (unpaired) electrons. The summed E-state index contributed by atoms with van der Waals surface area (Å²) in [6.45, 7) is 1.58. The van der Waals surface area contributed by atoms with Crippen LogP contribution in [0, 0.1) is 5.92 Å². The lowest BCUT2D eigenvalue weighted by molar-refractivity contribution is -0.131. The van der Waals surface area contributed by atoms with E-state index in [1.165, 1.54) is 5.57 Å². The van der Waals surface area contributed by atoms with Crippen LogP contribution in [0.4, 0.5) is 0 Å². The minimum Gasteiger partial charge on any atom is -0.273 e. The Balaban J connectivity index is 1.72. The molecule has 2 aromatic rings. The van der Waals surface area contributed by atoms with Crippen molar-refractivity contribution in [1.82, 2.24) is 5.01 Å². The van der Waals surface area contributed by atoms with Crippen molar-refractivity contribution in [3.8, 4) is 0 Å². The minimum absolute atomic E-state index is 0.0392. The molecule has 1 aliphatic carbocycles. The van der Waals surface area contributed by atoms with Gasteiger partial charge in [0.25, 0.3) is 0 Å². The van der Waals surface area contributed by atoms with Crippen molar-refractivity contribution in [3.63, 3.8) is 0 Å². The van der Waals surface area contributed by atoms with E-state index in [1.807, 2.05) is 48.5 Å². The average molecular weight is 399 g/mol. The summed E-state index contributed by atoms with van der Waals surface area (Å²) in [6, 6.07) is 15.5. The first-order valence-corrected chi connectivity index (χ1v) is 9.89. The van der Waals surface area contributed by atoms with Crippen molar-refractivity contribution >= 4 is 40.9 Å². The maximum absolute atomic E-state index is 12.3. The molecule has 0 aromatic heterocycles. The quantitative estimate of drug-likeness (QED) is 0.597. The Morgan fingerprint density at radius 1 is 1.07 bits per heavy atom. The molecular weight excluding hydrogens is 379 g/mol. The van der Waals surface area contributed by atoms with Gasteiger partial charge >= 0.3 is 0 Å². The zero-order valence-electron chi connectivity index (χ0n) is 15.0. The van der Waals surface area contributed by atoms with Crippen molar-refractivity contribution in [3.05, 3.63) is 75.3 Å². The van der Waals surface area contributed by atoms with E-state index in [0.29, 0.717) is 5.02 Å². The second kappa shape index (κ2) is 7.49. The van der Waals surface area contributed by atoms with Crippen LogP contribution in [-0.4, -0.2) is 16.6 Å². The van der Waals surface area contributed by atoms with Crippen LogP contribution in [0.25, 0.3) is 6.08 Å². The van der Waals surface area contributed by atoms with E-state index in [0.717, 1.165) is 41.1 Å². The predicted molar refractivity (Wildman–Crippen MR) is 111 cm³/mol. The Hall–Kier alpha value is -2.10. The van der Waals surface area contributed by atoms with E-state index in [1.54, 1.807) is 11.9 Å². The minimum atomic E-state index is -0.0660. The maximum Gasteiger partial charge on any atom is 0.240 e. The number of hydrogen-bond acceptors (Lipinski definition) is 2. The highest BCUT2D eigenvalue weighted by Gasteiger charge is 2.42. The first kappa shape index (κ1) is 18.3. The average Bonchev–Trinajstić information content (AvgIpc) is 3.05. The fourth-order valence-electron chi connectivity index (χ4n) is 4.02. The van der Waals surface area contributed by atoms with Crippen LogP contribution < -0.4 is 0 Å². The number of carbonyl (C=O) groups is 1. The number of amides is 1. The summed E-state index contributed by atoms with van der Waals surface area (Å²) in [7, 11) is 0. The van der Waals surface area contributed by atoms with E-state index in [9.17, 15) is 4.79 Å². The number of rotatable bonds is 2. The van der Waals surface area contributed by atoms with Crippen molar-refractivity contribution in [1.29, 1.82) is 0 Å². The summed E-state index contributed by atoms with van der Waals surface area (Å²) in [5.41, 5.74) is 4.41. The molecular formula is C22H20Cl2N2O. The van der Waals surface area contributed by atoms with Crippen LogP contribution in [0.1, 0.15) is 43.4 Å². The second-order valence-electron chi connectivity index (χ2n) is 7.07. The first-order chi connectivity index (χ1) is 13.0. The van der Waals surface area contributed by atoms with Gasteiger partial charge in [0.05, 0.1) is 11.8 Å². The van der Waals surface area contributed by atoms with Gasteiger partial charge in [0.2, 0.25) is 5.91 Å². The zero-order chi connectivity index (χ0) is 19.0. The van der Waals surface area contributed by atoms with Crippen molar-refractivity contribution in [2.45, 2.75) is 32.2 Å². The van der Waals surface area contributed by atoms with Gasteiger partial charge in [-0.05, 0) is 66.3 Å². The lowest BCUT2D eigenvalue weighted by Gasteiger charge is -2.29. The van der Waals surface area contributed by atoms with Gasteiger partial charge in [0.1, 0.15) is 0 Å². The Kier molecular flexibility index (Phi) is 5.07. The number of benzene rings is 2. The van der Waals surface area contributed by atoms with Crippen LogP contribution in [0.5, 0.6) is 0 Å². The molecule has 27 heavy (non-hydrogen) atoms. The van der Waals surface area contributed by atoms with Gasteiger partial charge in [-0.15, -0.1) is 0 Å². The molecule has 1 fully saturated rings. The van der Waals surface area contributed by atoms with Gasteiger partial charge in [-0.3, -0.25) is 4.79 Å². The molecule has 5 heteroatoms. The third-order valence-electron chi connectivity index (χ3n) is 5.25. The topological polar surface area (TPSA) is 32.7 Å². The molecule has 0 saturated heterocycles. The third kappa shape index (κ3) is 3.67. The molecule has 1 heterocycles. The van der Waals surface area contributed by atoms with Gasteiger partial charge < -0.3 is 0 Å². The number of hydrazone groups is 1. The fourth-order valence-corrected chi connectivity index (χ4v) is 4.27. The van der Waals surface area contributed by atoms with Gasteiger partial charge in [0.15, 0.2) is 0 Å². The monoisotopic (exact) mass is 398 g/mol. The summed E-state index contributed by atoms with van der Waals surface area (Å²) in [4.78, 5) is 12.3. The first-order valence-electron chi connectivity index (χ1n) is 9.13. The second-order valence-corrected chi connectivity index (χ2v) is 7.94. The predicted octanol–water partition coefficient (Wildman–Crippen LogP) is 6.14. The summed E-state index contributed by atoms with van der Waals surface area (Å²) >= 11 is 12.0. The number of allylic oxidation sites excluding steroid dienone is 1. The molecule has 2 atom stereocenters. The molecule has 1 saturated carbocycles.